The Balaban J connectivity index is 1.96. The van der Waals surface area contributed by atoms with Crippen LogP contribution in [0.4, 0.5) is 0 Å². The van der Waals surface area contributed by atoms with Crippen molar-refractivity contribution in [2.45, 2.75) is 19.8 Å². The predicted molar refractivity (Wildman–Crippen MR) is 75.0 cm³/mol. The molecule has 0 N–H and O–H groups in total. The largest absolute Gasteiger partial charge is 0.0795 e. The lowest BCUT2D eigenvalue weighted by atomic mass is 10.1. The zero-order chi connectivity index (χ0) is 11.9. The van der Waals surface area contributed by atoms with E-state index >= 15 is 0 Å². The van der Waals surface area contributed by atoms with E-state index in [4.69, 9.17) is 0 Å². The van der Waals surface area contributed by atoms with Gasteiger partial charge in [0.25, 0.3) is 0 Å². The van der Waals surface area contributed by atoms with Gasteiger partial charge in [-0.15, -0.1) is 0 Å². The van der Waals surface area contributed by atoms with Crippen LogP contribution in [0, 0.1) is 0 Å². The van der Waals surface area contributed by atoms with Crippen LogP contribution in [0.25, 0.3) is 6.08 Å². The average Bonchev–Trinajstić information content (AvgIpc) is 2.41. The SMILES string of the molecule is CCc1ccc(C=CCc2ccccc2)cc1. The van der Waals surface area contributed by atoms with Gasteiger partial charge in [0, 0.05) is 0 Å². The second kappa shape index (κ2) is 6.05. The number of allylic oxidation sites excluding steroid dienone is 1. The van der Waals surface area contributed by atoms with Crippen LogP contribution < -0.4 is 0 Å². The van der Waals surface area contributed by atoms with E-state index in [0.29, 0.717) is 0 Å². The molecule has 0 aliphatic carbocycles. The van der Waals surface area contributed by atoms with Crippen LogP contribution >= 0.6 is 0 Å². The molecule has 2 aromatic carbocycles. The van der Waals surface area contributed by atoms with E-state index in [2.05, 4.69) is 73.7 Å². The van der Waals surface area contributed by atoms with E-state index in [1.165, 1.54) is 16.7 Å². The van der Waals surface area contributed by atoms with Crippen molar-refractivity contribution in [1.29, 1.82) is 0 Å². The molecule has 0 atom stereocenters. The van der Waals surface area contributed by atoms with E-state index < -0.39 is 0 Å². The maximum atomic E-state index is 2.22. The molecule has 0 nitrogen and oxygen atoms in total. The Labute approximate surface area is 104 Å². The van der Waals surface area contributed by atoms with Crippen LogP contribution in [-0.2, 0) is 12.8 Å². The van der Waals surface area contributed by atoms with Gasteiger partial charge < -0.3 is 0 Å². The van der Waals surface area contributed by atoms with Crippen LogP contribution in [0.5, 0.6) is 0 Å². The summed E-state index contributed by atoms with van der Waals surface area (Å²) >= 11 is 0. The van der Waals surface area contributed by atoms with Gasteiger partial charge in [0.2, 0.25) is 0 Å². The molecule has 0 bridgehead atoms. The van der Waals surface area contributed by atoms with Crippen LogP contribution in [0.1, 0.15) is 23.6 Å². The minimum absolute atomic E-state index is 0.996. The fraction of sp³-hybridized carbons (Fsp3) is 0.176. The van der Waals surface area contributed by atoms with Crippen molar-refractivity contribution >= 4 is 6.08 Å². The Kier molecular flexibility index (Phi) is 4.15. The molecule has 86 valence electrons. The van der Waals surface area contributed by atoms with Crippen molar-refractivity contribution in [2.75, 3.05) is 0 Å². The van der Waals surface area contributed by atoms with E-state index in [9.17, 15) is 0 Å². The van der Waals surface area contributed by atoms with E-state index in [0.717, 1.165) is 12.8 Å². The molecule has 0 spiro atoms. The lowest BCUT2D eigenvalue weighted by Gasteiger charge is -1.98. The molecule has 0 saturated carbocycles. The molecular weight excluding hydrogens is 204 g/mol. The van der Waals surface area contributed by atoms with Gasteiger partial charge in [-0.05, 0) is 29.5 Å². The normalized spacial score (nSPS) is 10.9. The Morgan fingerprint density at radius 1 is 0.824 bits per heavy atom. The number of benzene rings is 2. The van der Waals surface area contributed by atoms with Gasteiger partial charge >= 0.3 is 0 Å². The van der Waals surface area contributed by atoms with Crippen molar-refractivity contribution in [3.8, 4) is 0 Å². The van der Waals surface area contributed by atoms with Crippen LogP contribution in [0.2, 0.25) is 0 Å². The summed E-state index contributed by atoms with van der Waals surface area (Å²) < 4.78 is 0. The summed E-state index contributed by atoms with van der Waals surface area (Å²) in [6.07, 6.45) is 6.51. The van der Waals surface area contributed by atoms with Gasteiger partial charge in [-0.1, -0.05) is 73.7 Å². The molecule has 2 aromatic rings. The molecule has 0 aliphatic heterocycles. The lowest BCUT2D eigenvalue weighted by molar-refractivity contribution is 1.14. The summed E-state index contributed by atoms with van der Waals surface area (Å²) in [6, 6.07) is 19.3. The second-order valence-electron chi connectivity index (χ2n) is 4.19. The maximum absolute atomic E-state index is 2.22. The molecule has 17 heavy (non-hydrogen) atoms. The van der Waals surface area contributed by atoms with Gasteiger partial charge in [-0.3, -0.25) is 0 Å². The van der Waals surface area contributed by atoms with Gasteiger partial charge in [-0.25, -0.2) is 0 Å². The average molecular weight is 222 g/mol. The molecule has 0 aromatic heterocycles. The highest BCUT2D eigenvalue weighted by Crippen LogP contribution is 2.08. The van der Waals surface area contributed by atoms with Crippen LogP contribution in [0.15, 0.2) is 60.7 Å². The number of hydrogen-bond donors (Lipinski definition) is 0. The highest BCUT2D eigenvalue weighted by molar-refractivity contribution is 5.50. The molecule has 0 aliphatic rings. The summed E-state index contributed by atoms with van der Waals surface area (Å²) in [5.74, 6) is 0. The van der Waals surface area contributed by atoms with Gasteiger partial charge in [0.1, 0.15) is 0 Å². The topological polar surface area (TPSA) is 0 Å². The minimum Gasteiger partial charge on any atom is -0.0795 e. The Bertz CT molecular complexity index is 463. The fourth-order valence-electron chi connectivity index (χ4n) is 1.81. The van der Waals surface area contributed by atoms with Gasteiger partial charge in [0.05, 0.1) is 0 Å². The first kappa shape index (κ1) is 11.7. The first-order chi connectivity index (χ1) is 8.38. The first-order valence-electron chi connectivity index (χ1n) is 6.18. The van der Waals surface area contributed by atoms with Gasteiger partial charge in [0.15, 0.2) is 0 Å². The highest BCUT2D eigenvalue weighted by atomic mass is 14.0. The Hall–Kier alpha value is -1.82. The molecule has 0 saturated heterocycles. The van der Waals surface area contributed by atoms with Crippen molar-refractivity contribution in [3.63, 3.8) is 0 Å². The van der Waals surface area contributed by atoms with Crippen molar-refractivity contribution in [2.24, 2.45) is 0 Å². The molecule has 0 radical (unpaired) electrons. The highest BCUT2D eigenvalue weighted by Gasteiger charge is 1.90. The molecule has 0 amide bonds. The number of aryl methyl sites for hydroxylation is 1. The standard InChI is InChI=1S/C17H18/c1-2-15-11-13-17(14-12-15)10-6-9-16-7-4-3-5-8-16/h3-8,10-14H,2,9H2,1H3. The first-order valence-corrected chi connectivity index (χ1v) is 6.18. The zero-order valence-electron chi connectivity index (χ0n) is 10.3. The van der Waals surface area contributed by atoms with Crippen LogP contribution in [0.3, 0.4) is 0 Å². The third kappa shape index (κ3) is 3.60. The van der Waals surface area contributed by atoms with E-state index in [-0.39, 0.29) is 0 Å². The Morgan fingerprint density at radius 3 is 2.18 bits per heavy atom. The van der Waals surface area contributed by atoms with Crippen LogP contribution in [-0.4, -0.2) is 0 Å². The molecular formula is C17H18. The number of hydrogen-bond acceptors (Lipinski definition) is 0. The molecule has 0 fully saturated rings. The molecule has 0 heteroatoms. The van der Waals surface area contributed by atoms with E-state index in [1.807, 2.05) is 0 Å². The van der Waals surface area contributed by atoms with Crippen molar-refractivity contribution in [1.82, 2.24) is 0 Å². The lowest BCUT2D eigenvalue weighted by Crippen LogP contribution is -1.81. The third-order valence-corrected chi connectivity index (χ3v) is 2.89. The minimum atomic E-state index is 0.996. The predicted octanol–water partition coefficient (Wildman–Crippen LogP) is 4.50. The number of rotatable bonds is 4. The molecule has 0 unspecified atom stereocenters. The summed E-state index contributed by atoms with van der Waals surface area (Å²) in [5.41, 5.74) is 4.03. The van der Waals surface area contributed by atoms with Crippen molar-refractivity contribution in [3.05, 3.63) is 77.4 Å². The maximum Gasteiger partial charge on any atom is -0.00941 e. The summed E-state index contributed by atoms with van der Waals surface area (Å²) in [4.78, 5) is 0. The molecule has 2 rings (SSSR count). The zero-order valence-corrected chi connectivity index (χ0v) is 10.3. The quantitative estimate of drug-likeness (QED) is 0.714. The molecule has 0 heterocycles. The Morgan fingerprint density at radius 2 is 1.53 bits per heavy atom. The fourth-order valence-corrected chi connectivity index (χ4v) is 1.81. The van der Waals surface area contributed by atoms with E-state index in [1.54, 1.807) is 0 Å². The van der Waals surface area contributed by atoms with Crippen molar-refractivity contribution < 1.29 is 0 Å². The smallest absolute Gasteiger partial charge is 0.00941 e. The third-order valence-electron chi connectivity index (χ3n) is 2.89. The second-order valence-corrected chi connectivity index (χ2v) is 4.19. The summed E-state index contributed by atoms with van der Waals surface area (Å²) in [7, 11) is 0. The van der Waals surface area contributed by atoms with Gasteiger partial charge in [-0.2, -0.15) is 0 Å². The monoisotopic (exact) mass is 222 g/mol. The summed E-state index contributed by atoms with van der Waals surface area (Å²) in [5, 5.41) is 0. The summed E-state index contributed by atoms with van der Waals surface area (Å²) in [6.45, 7) is 2.18.